The Morgan fingerprint density at radius 2 is 1.85 bits per heavy atom. The van der Waals surface area contributed by atoms with E-state index in [0.717, 1.165) is 40.9 Å². The van der Waals surface area contributed by atoms with Crippen LogP contribution in [0, 0.1) is 0 Å². The first-order chi connectivity index (χ1) is 19.0. The van der Waals surface area contributed by atoms with E-state index in [-0.39, 0.29) is 11.4 Å². The highest BCUT2D eigenvalue weighted by Gasteiger charge is 2.20. The van der Waals surface area contributed by atoms with Crippen LogP contribution in [0.1, 0.15) is 20.8 Å². The molecule has 9 nitrogen and oxygen atoms in total. The van der Waals surface area contributed by atoms with Gasteiger partial charge >= 0.3 is 0 Å². The number of carbonyl (C=O) groups excluding carboxylic acids is 1. The SMILES string of the molecule is C=CC(=O)Nc1cc(Nc2nccc(-c3cn(C(C)(C)C)c4ccccc34)n2)c(OC)cc1N(C)CCN(C)C. The summed E-state index contributed by atoms with van der Waals surface area (Å²) >= 11 is 0. The number of benzene rings is 2. The molecule has 4 aromatic rings. The Morgan fingerprint density at radius 1 is 1.10 bits per heavy atom. The normalized spacial score (nSPS) is 11.5. The first-order valence-electron chi connectivity index (χ1n) is 13.2. The minimum atomic E-state index is -0.299. The Labute approximate surface area is 236 Å². The van der Waals surface area contributed by atoms with Crippen molar-refractivity contribution in [2.75, 3.05) is 56.9 Å². The van der Waals surface area contributed by atoms with Crippen LogP contribution in [0.15, 0.2) is 67.5 Å². The number of amides is 1. The number of aromatic nitrogens is 3. The largest absolute Gasteiger partial charge is 0.494 e. The summed E-state index contributed by atoms with van der Waals surface area (Å²) in [6.45, 7) is 11.8. The molecule has 40 heavy (non-hydrogen) atoms. The van der Waals surface area contributed by atoms with Crippen molar-refractivity contribution < 1.29 is 9.53 Å². The Bertz CT molecular complexity index is 1520. The molecule has 0 spiro atoms. The molecule has 0 bridgehead atoms. The molecule has 9 heteroatoms. The van der Waals surface area contributed by atoms with E-state index in [1.807, 2.05) is 45.4 Å². The Hall–Kier alpha value is -4.37. The molecule has 2 N–H and O–H groups in total. The maximum absolute atomic E-state index is 12.3. The first-order valence-corrected chi connectivity index (χ1v) is 13.2. The van der Waals surface area contributed by atoms with Crippen molar-refractivity contribution in [1.29, 1.82) is 0 Å². The van der Waals surface area contributed by atoms with E-state index < -0.39 is 0 Å². The summed E-state index contributed by atoms with van der Waals surface area (Å²) in [5, 5.41) is 7.36. The summed E-state index contributed by atoms with van der Waals surface area (Å²) in [7, 11) is 7.65. The van der Waals surface area contributed by atoms with E-state index in [9.17, 15) is 4.79 Å². The maximum atomic E-state index is 12.3. The molecule has 2 heterocycles. The minimum Gasteiger partial charge on any atom is -0.494 e. The zero-order valence-corrected chi connectivity index (χ0v) is 24.4. The molecular weight excluding hydrogens is 502 g/mol. The summed E-state index contributed by atoms with van der Waals surface area (Å²) < 4.78 is 8.02. The molecule has 2 aromatic carbocycles. The van der Waals surface area contributed by atoms with Gasteiger partial charge in [-0.3, -0.25) is 4.79 Å². The molecule has 4 rings (SSSR count). The number of carbonyl (C=O) groups is 1. The van der Waals surface area contributed by atoms with E-state index in [4.69, 9.17) is 9.72 Å². The third-order valence-electron chi connectivity index (χ3n) is 6.67. The van der Waals surface area contributed by atoms with Crippen molar-refractivity contribution in [3.05, 3.63) is 67.5 Å². The molecule has 2 aromatic heterocycles. The third-order valence-corrected chi connectivity index (χ3v) is 6.67. The van der Waals surface area contributed by atoms with Gasteiger partial charge in [0.25, 0.3) is 0 Å². The van der Waals surface area contributed by atoms with E-state index >= 15 is 0 Å². The molecule has 0 fully saturated rings. The lowest BCUT2D eigenvalue weighted by Crippen LogP contribution is -2.29. The number of anilines is 4. The van der Waals surface area contributed by atoms with Crippen molar-refractivity contribution in [3.63, 3.8) is 0 Å². The van der Waals surface area contributed by atoms with Crippen molar-refractivity contribution in [3.8, 4) is 17.0 Å². The van der Waals surface area contributed by atoms with Gasteiger partial charge < -0.3 is 29.7 Å². The van der Waals surface area contributed by atoms with E-state index in [1.165, 1.54) is 6.08 Å². The molecule has 0 saturated heterocycles. The predicted molar refractivity (Wildman–Crippen MR) is 165 cm³/mol. The van der Waals surface area contributed by atoms with E-state index in [2.05, 4.69) is 81.7 Å². The topological polar surface area (TPSA) is 87.5 Å². The van der Waals surface area contributed by atoms with Crippen molar-refractivity contribution >= 4 is 39.8 Å². The fourth-order valence-electron chi connectivity index (χ4n) is 4.53. The molecule has 0 atom stereocenters. The highest BCUT2D eigenvalue weighted by atomic mass is 16.5. The lowest BCUT2D eigenvalue weighted by Gasteiger charge is -2.26. The highest BCUT2D eigenvalue weighted by molar-refractivity contribution is 6.02. The van der Waals surface area contributed by atoms with Crippen molar-refractivity contribution in [2.45, 2.75) is 26.3 Å². The number of nitrogens with zero attached hydrogens (tertiary/aromatic N) is 5. The fraction of sp³-hybridized carbons (Fsp3) is 0.323. The molecule has 0 aliphatic carbocycles. The number of hydrogen-bond acceptors (Lipinski definition) is 7. The second-order valence-electron chi connectivity index (χ2n) is 11.0. The predicted octanol–water partition coefficient (Wildman–Crippen LogP) is 5.73. The van der Waals surface area contributed by atoms with Crippen LogP contribution in [0.5, 0.6) is 5.75 Å². The van der Waals surface area contributed by atoms with E-state index in [1.54, 1.807) is 13.3 Å². The van der Waals surface area contributed by atoms with Gasteiger partial charge in [-0.1, -0.05) is 24.8 Å². The smallest absolute Gasteiger partial charge is 0.247 e. The Kier molecular flexibility index (Phi) is 8.44. The standard InChI is InChI=1S/C31H39N7O2/c1-9-29(39)33-24-18-25(28(40-8)19-27(24)37(7)17-16-36(5)6)35-30-32-15-14-23(34-30)22-20-38(31(2,3)4)26-13-11-10-12-21(22)26/h9-15,18-20H,1,16-17H2,2-8H3,(H,33,39)(H,32,34,35). The van der Waals surface area contributed by atoms with E-state index in [0.29, 0.717) is 23.1 Å². The Balaban J connectivity index is 1.74. The Morgan fingerprint density at radius 3 is 2.52 bits per heavy atom. The number of likely N-dealkylation sites (N-methyl/N-ethyl adjacent to an activating group) is 2. The first kappa shape index (κ1) is 28.6. The van der Waals surface area contributed by atoms with Gasteiger partial charge in [0, 0.05) is 60.6 Å². The maximum Gasteiger partial charge on any atom is 0.247 e. The van der Waals surface area contributed by atoms with Crippen LogP contribution in [-0.2, 0) is 10.3 Å². The van der Waals surface area contributed by atoms with Gasteiger partial charge in [0.2, 0.25) is 11.9 Å². The molecule has 1 amide bonds. The third kappa shape index (κ3) is 6.26. The lowest BCUT2D eigenvalue weighted by atomic mass is 10.1. The number of hydrogen-bond donors (Lipinski definition) is 2. The van der Waals surface area contributed by atoms with Crippen LogP contribution in [0.3, 0.4) is 0 Å². The van der Waals surface area contributed by atoms with Crippen LogP contribution in [0.25, 0.3) is 22.2 Å². The molecule has 0 saturated carbocycles. The molecule has 0 aliphatic heterocycles. The van der Waals surface area contributed by atoms with Gasteiger partial charge in [-0.25, -0.2) is 9.97 Å². The number of ether oxygens (including phenoxy) is 1. The zero-order valence-electron chi connectivity index (χ0n) is 24.4. The second kappa shape index (κ2) is 11.8. The zero-order chi connectivity index (χ0) is 29.0. The number of methoxy groups -OCH3 is 1. The quantitative estimate of drug-likeness (QED) is 0.248. The van der Waals surface area contributed by atoms with Crippen LogP contribution < -0.4 is 20.3 Å². The molecule has 0 radical (unpaired) electrons. The highest BCUT2D eigenvalue weighted by Crippen LogP contribution is 2.38. The van der Waals surface area contributed by atoms with Crippen LogP contribution in [0.2, 0.25) is 0 Å². The summed E-state index contributed by atoms with van der Waals surface area (Å²) in [6.07, 6.45) is 5.14. The molecule has 0 aliphatic rings. The molecular formula is C31H39N7O2. The summed E-state index contributed by atoms with van der Waals surface area (Å²) in [6, 6.07) is 14.0. The van der Waals surface area contributed by atoms with Crippen LogP contribution in [-0.4, -0.2) is 66.7 Å². The number of nitrogens with one attached hydrogen (secondary N) is 2. The lowest BCUT2D eigenvalue weighted by molar-refractivity contribution is -0.111. The number of rotatable bonds is 10. The van der Waals surface area contributed by atoms with Gasteiger partial charge in [-0.15, -0.1) is 0 Å². The van der Waals surface area contributed by atoms with Gasteiger partial charge in [0.1, 0.15) is 5.75 Å². The average Bonchev–Trinajstić information content (AvgIpc) is 3.32. The second-order valence-corrected chi connectivity index (χ2v) is 11.0. The monoisotopic (exact) mass is 541 g/mol. The van der Waals surface area contributed by atoms with Gasteiger partial charge in [0.05, 0.1) is 29.9 Å². The summed E-state index contributed by atoms with van der Waals surface area (Å²) in [4.78, 5) is 25.8. The van der Waals surface area contributed by atoms with Crippen LogP contribution >= 0.6 is 0 Å². The van der Waals surface area contributed by atoms with Crippen molar-refractivity contribution in [2.24, 2.45) is 0 Å². The van der Waals surface area contributed by atoms with Gasteiger partial charge in [-0.2, -0.15) is 0 Å². The average molecular weight is 542 g/mol. The summed E-state index contributed by atoms with van der Waals surface area (Å²) in [5.41, 5.74) is 4.96. The number of fused-ring (bicyclic) bond motifs is 1. The number of para-hydroxylation sites is 1. The molecule has 210 valence electrons. The van der Waals surface area contributed by atoms with Gasteiger partial charge in [-0.05, 0) is 59.1 Å². The summed E-state index contributed by atoms with van der Waals surface area (Å²) in [5.74, 6) is 0.714. The van der Waals surface area contributed by atoms with Crippen molar-refractivity contribution in [1.82, 2.24) is 19.4 Å². The minimum absolute atomic E-state index is 0.0902. The molecule has 0 unspecified atom stereocenters. The fourth-order valence-corrected chi connectivity index (χ4v) is 4.53. The van der Waals surface area contributed by atoms with Gasteiger partial charge in [0.15, 0.2) is 0 Å². The van der Waals surface area contributed by atoms with Crippen LogP contribution in [0.4, 0.5) is 23.0 Å².